The Labute approximate surface area is 114 Å². The monoisotopic (exact) mass is 250 g/mol. The fourth-order valence-electron chi connectivity index (χ4n) is 3.10. The molecule has 1 heteroatoms. The van der Waals surface area contributed by atoms with Crippen LogP contribution in [0.1, 0.15) is 42.2 Å². The van der Waals surface area contributed by atoms with Gasteiger partial charge >= 0.3 is 0 Å². The lowest BCUT2D eigenvalue weighted by atomic mass is 9.75. The molecule has 1 saturated carbocycles. The topological polar surface area (TPSA) is 17.1 Å². The van der Waals surface area contributed by atoms with E-state index in [2.05, 4.69) is 48.5 Å². The van der Waals surface area contributed by atoms with Gasteiger partial charge in [0.2, 0.25) is 0 Å². The van der Waals surface area contributed by atoms with Crippen molar-refractivity contribution >= 4 is 5.78 Å². The summed E-state index contributed by atoms with van der Waals surface area (Å²) in [5, 5.41) is 0. The van der Waals surface area contributed by atoms with Crippen molar-refractivity contribution in [3.05, 3.63) is 71.8 Å². The maximum Gasteiger partial charge on any atom is 0.134 e. The Kier molecular flexibility index (Phi) is 3.45. The van der Waals surface area contributed by atoms with Gasteiger partial charge in [0.25, 0.3) is 0 Å². The molecule has 0 heterocycles. The van der Waals surface area contributed by atoms with Gasteiger partial charge in [-0.25, -0.2) is 0 Å². The molecule has 1 nitrogen and oxygen atoms in total. The van der Waals surface area contributed by atoms with Crippen molar-refractivity contribution in [2.75, 3.05) is 0 Å². The van der Waals surface area contributed by atoms with Crippen LogP contribution in [0.4, 0.5) is 0 Å². The van der Waals surface area contributed by atoms with Crippen LogP contribution < -0.4 is 0 Å². The van der Waals surface area contributed by atoms with Gasteiger partial charge in [-0.3, -0.25) is 4.79 Å². The summed E-state index contributed by atoms with van der Waals surface area (Å²) in [6.07, 6.45) is 2.49. The highest BCUT2D eigenvalue weighted by Crippen LogP contribution is 2.39. The van der Waals surface area contributed by atoms with E-state index in [1.165, 1.54) is 11.1 Å². The van der Waals surface area contributed by atoms with E-state index in [1.807, 2.05) is 12.1 Å². The van der Waals surface area contributed by atoms with Crippen LogP contribution in [0.2, 0.25) is 0 Å². The van der Waals surface area contributed by atoms with Crippen molar-refractivity contribution in [1.29, 1.82) is 0 Å². The van der Waals surface area contributed by atoms with Gasteiger partial charge in [0, 0.05) is 12.8 Å². The molecule has 0 unspecified atom stereocenters. The molecule has 96 valence electrons. The van der Waals surface area contributed by atoms with E-state index in [0.29, 0.717) is 30.5 Å². The van der Waals surface area contributed by atoms with Crippen molar-refractivity contribution in [1.82, 2.24) is 0 Å². The molecule has 0 aliphatic heterocycles. The van der Waals surface area contributed by atoms with Gasteiger partial charge in [-0.1, -0.05) is 60.7 Å². The first-order valence-corrected chi connectivity index (χ1v) is 6.94. The highest BCUT2D eigenvalue weighted by Gasteiger charge is 2.28. The average Bonchev–Trinajstić information content (AvgIpc) is 2.48. The average molecular weight is 250 g/mol. The maximum absolute atomic E-state index is 12.0. The number of hydrogen-bond acceptors (Lipinski definition) is 1. The van der Waals surface area contributed by atoms with Crippen LogP contribution in [-0.4, -0.2) is 5.78 Å². The number of benzene rings is 2. The lowest BCUT2D eigenvalue weighted by molar-refractivity contribution is -0.121. The van der Waals surface area contributed by atoms with Crippen LogP contribution in [0.5, 0.6) is 0 Å². The van der Waals surface area contributed by atoms with Gasteiger partial charge in [-0.05, 0) is 29.4 Å². The molecule has 1 aliphatic rings. The second kappa shape index (κ2) is 5.40. The minimum absolute atomic E-state index is 0.382. The predicted octanol–water partition coefficient (Wildman–Crippen LogP) is 4.31. The highest BCUT2D eigenvalue weighted by atomic mass is 16.1. The van der Waals surface area contributed by atoms with Crippen molar-refractivity contribution in [2.45, 2.75) is 31.1 Å². The van der Waals surface area contributed by atoms with E-state index in [1.54, 1.807) is 0 Å². The Morgan fingerprint density at radius 3 is 1.53 bits per heavy atom. The Hall–Kier alpha value is -1.89. The second-order valence-corrected chi connectivity index (χ2v) is 5.40. The largest absolute Gasteiger partial charge is 0.300 e. The molecule has 1 fully saturated rings. The van der Waals surface area contributed by atoms with Crippen molar-refractivity contribution in [2.24, 2.45) is 0 Å². The molecule has 0 aromatic heterocycles. The summed E-state index contributed by atoms with van der Waals surface area (Å²) in [6, 6.07) is 20.9. The summed E-state index contributed by atoms with van der Waals surface area (Å²) in [5.41, 5.74) is 2.60. The molecule has 1 aliphatic carbocycles. The first-order valence-electron chi connectivity index (χ1n) is 6.94. The van der Waals surface area contributed by atoms with E-state index < -0.39 is 0 Å². The van der Waals surface area contributed by atoms with E-state index >= 15 is 0 Å². The van der Waals surface area contributed by atoms with Crippen LogP contribution in [0, 0.1) is 0 Å². The minimum Gasteiger partial charge on any atom is -0.300 e. The second-order valence-electron chi connectivity index (χ2n) is 5.40. The van der Waals surface area contributed by atoms with Gasteiger partial charge in [0.1, 0.15) is 5.78 Å². The van der Waals surface area contributed by atoms with Gasteiger partial charge < -0.3 is 0 Å². The number of ketones is 1. The number of Topliss-reactive ketones (excluding diaryl/α,β-unsaturated/α-hetero) is 1. The molecule has 0 saturated heterocycles. The minimum atomic E-state index is 0.382. The molecule has 19 heavy (non-hydrogen) atoms. The fraction of sp³-hybridized carbons (Fsp3) is 0.278. The van der Waals surface area contributed by atoms with Crippen LogP contribution in [0.25, 0.3) is 0 Å². The van der Waals surface area contributed by atoms with Gasteiger partial charge in [-0.2, -0.15) is 0 Å². The number of carbonyl (C=O) groups is 1. The standard InChI is InChI=1S/C18H18O/c19-18-12-16(14-7-3-1-4-8-14)11-17(13-18)15-9-5-2-6-10-15/h1-10,16-17H,11-13H2/t16-,17+. The molecule has 3 rings (SSSR count). The molecule has 0 spiro atoms. The molecular weight excluding hydrogens is 232 g/mol. The summed E-state index contributed by atoms with van der Waals surface area (Å²) < 4.78 is 0. The lowest BCUT2D eigenvalue weighted by Gasteiger charge is -2.29. The Morgan fingerprint density at radius 1 is 0.684 bits per heavy atom. The SMILES string of the molecule is O=C1C[C@@H](c2ccccc2)C[C@@H](c2ccccc2)C1. The molecule has 2 aromatic rings. The summed E-state index contributed by atoms with van der Waals surface area (Å²) >= 11 is 0. The fourth-order valence-corrected chi connectivity index (χ4v) is 3.10. The summed E-state index contributed by atoms with van der Waals surface area (Å²) in [6.45, 7) is 0. The molecule has 0 amide bonds. The van der Waals surface area contributed by atoms with Crippen molar-refractivity contribution in [3.8, 4) is 0 Å². The molecular formula is C18H18O. The third kappa shape index (κ3) is 2.76. The predicted molar refractivity (Wildman–Crippen MR) is 77.2 cm³/mol. The Balaban J connectivity index is 1.84. The zero-order chi connectivity index (χ0) is 13.1. The van der Waals surface area contributed by atoms with Crippen LogP contribution >= 0.6 is 0 Å². The van der Waals surface area contributed by atoms with E-state index in [-0.39, 0.29) is 0 Å². The number of hydrogen-bond donors (Lipinski definition) is 0. The van der Waals surface area contributed by atoms with E-state index in [9.17, 15) is 4.79 Å². The van der Waals surface area contributed by atoms with Gasteiger partial charge in [-0.15, -0.1) is 0 Å². The Bertz CT molecular complexity index is 495. The summed E-state index contributed by atoms with van der Waals surface area (Å²) in [4.78, 5) is 12.0. The first kappa shape index (κ1) is 12.2. The van der Waals surface area contributed by atoms with Crippen molar-refractivity contribution in [3.63, 3.8) is 0 Å². The quantitative estimate of drug-likeness (QED) is 0.776. The molecule has 2 atom stereocenters. The molecule has 0 N–H and O–H groups in total. The lowest BCUT2D eigenvalue weighted by Crippen LogP contribution is -2.20. The van der Waals surface area contributed by atoms with Gasteiger partial charge in [0.15, 0.2) is 0 Å². The first-order chi connectivity index (χ1) is 9.33. The smallest absolute Gasteiger partial charge is 0.134 e. The van der Waals surface area contributed by atoms with Crippen LogP contribution in [-0.2, 0) is 4.79 Å². The molecule has 0 bridgehead atoms. The zero-order valence-corrected chi connectivity index (χ0v) is 11.0. The van der Waals surface area contributed by atoms with Gasteiger partial charge in [0.05, 0.1) is 0 Å². The van der Waals surface area contributed by atoms with E-state index in [0.717, 1.165) is 6.42 Å². The molecule has 2 aromatic carbocycles. The number of carbonyl (C=O) groups excluding carboxylic acids is 1. The highest BCUT2D eigenvalue weighted by molar-refractivity contribution is 5.81. The zero-order valence-electron chi connectivity index (χ0n) is 11.0. The van der Waals surface area contributed by atoms with Crippen LogP contribution in [0.3, 0.4) is 0 Å². The number of rotatable bonds is 2. The third-order valence-electron chi connectivity index (χ3n) is 4.06. The van der Waals surface area contributed by atoms with E-state index in [4.69, 9.17) is 0 Å². The Morgan fingerprint density at radius 2 is 1.11 bits per heavy atom. The summed E-state index contributed by atoms with van der Waals surface area (Å²) in [7, 11) is 0. The maximum atomic E-state index is 12.0. The van der Waals surface area contributed by atoms with Crippen molar-refractivity contribution < 1.29 is 4.79 Å². The summed E-state index contributed by atoms with van der Waals surface area (Å²) in [5.74, 6) is 1.16. The normalized spacial score (nSPS) is 23.3. The van der Waals surface area contributed by atoms with Crippen LogP contribution in [0.15, 0.2) is 60.7 Å². The molecule has 0 radical (unpaired) electrons. The third-order valence-corrected chi connectivity index (χ3v) is 4.06.